The molecular weight excluding hydrogens is 453 g/mol. The largest absolute Gasteiger partial charge is 0.417 e. The first-order valence-electron chi connectivity index (χ1n) is 8.61. The first-order valence-corrected chi connectivity index (χ1v) is 10.6. The lowest BCUT2D eigenvalue weighted by atomic mass is 10.1. The first-order chi connectivity index (χ1) is 14.3. The number of halogens is 4. The van der Waals surface area contributed by atoms with E-state index in [4.69, 9.17) is 11.6 Å². The van der Waals surface area contributed by atoms with E-state index in [9.17, 15) is 18.0 Å². The number of nitrogens with one attached hydrogen (secondary N) is 1. The highest BCUT2D eigenvalue weighted by Gasteiger charge is 2.34. The van der Waals surface area contributed by atoms with E-state index in [1.807, 2.05) is 24.3 Å². The van der Waals surface area contributed by atoms with Gasteiger partial charge in [-0.05, 0) is 48.5 Å². The van der Waals surface area contributed by atoms with Crippen molar-refractivity contribution in [2.45, 2.75) is 15.4 Å². The summed E-state index contributed by atoms with van der Waals surface area (Å²) in [4.78, 5) is 16.7. The fourth-order valence-electron chi connectivity index (χ4n) is 2.74. The van der Waals surface area contributed by atoms with Crippen molar-refractivity contribution in [2.75, 3.05) is 5.32 Å². The Labute approximate surface area is 182 Å². The van der Waals surface area contributed by atoms with E-state index in [0.29, 0.717) is 9.36 Å². The van der Waals surface area contributed by atoms with Gasteiger partial charge in [0, 0.05) is 21.2 Å². The second-order valence-corrected chi connectivity index (χ2v) is 8.98. The molecule has 0 saturated heterocycles. The second-order valence-electron chi connectivity index (χ2n) is 6.22. The van der Waals surface area contributed by atoms with Crippen LogP contribution in [0.3, 0.4) is 0 Å². The van der Waals surface area contributed by atoms with Crippen LogP contribution < -0.4 is 5.32 Å². The van der Waals surface area contributed by atoms with Crippen LogP contribution in [0.5, 0.6) is 0 Å². The Morgan fingerprint density at radius 2 is 1.83 bits per heavy atom. The zero-order chi connectivity index (χ0) is 21.3. The molecule has 152 valence electrons. The molecule has 0 radical (unpaired) electrons. The van der Waals surface area contributed by atoms with Crippen molar-refractivity contribution in [3.63, 3.8) is 0 Å². The highest BCUT2D eigenvalue weighted by atomic mass is 35.5. The summed E-state index contributed by atoms with van der Waals surface area (Å²) in [7, 11) is 0. The van der Waals surface area contributed by atoms with Crippen molar-refractivity contribution < 1.29 is 18.0 Å². The third kappa shape index (κ3) is 4.61. The number of para-hydroxylation sites is 1. The zero-order valence-electron chi connectivity index (χ0n) is 15.0. The van der Waals surface area contributed by atoms with Crippen molar-refractivity contribution in [1.82, 2.24) is 4.98 Å². The lowest BCUT2D eigenvalue weighted by Crippen LogP contribution is -2.13. The molecule has 0 bridgehead atoms. The van der Waals surface area contributed by atoms with Crippen LogP contribution >= 0.6 is 34.7 Å². The van der Waals surface area contributed by atoms with Gasteiger partial charge in [-0.1, -0.05) is 41.6 Å². The number of hydrogen-bond acceptors (Lipinski definition) is 4. The normalized spacial score (nSPS) is 11.6. The maximum absolute atomic E-state index is 13.7. The Kier molecular flexibility index (Phi) is 5.73. The van der Waals surface area contributed by atoms with E-state index in [0.717, 1.165) is 28.0 Å². The van der Waals surface area contributed by atoms with Gasteiger partial charge >= 0.3 is 6.18 Å². The van der Waals surface area contributed by atoms with Crippen LogP contribution in [0, 0.1) is 0 Å². The number of rotatable bonds is 4. The lowest BCUT2D eigenvalue weighted by molar-refractivity contribution is -0.139. The Hall–Kier alpha value is -2.55. The van der Waals surface area contributed by atoms with Crippen LogP contribution in [-0.4, -0.2) is 10.9 Å². The number of aromatic nitrogens is 1. The number of anilines is 1. The summed E-state index contributed by atoms with van der Waals surface area (Å²) >= 11 is 8.14. The minimum atomic E-state index is -4.59. The summed E-state index contributed by atoms with van der Waals surface area (Å²) in [5.41, 5.74) is 0.199. The molecule has 9 heteroatoms. The van der Waals surface area contributed by atoms with Crippen LogP contribution in [-0.2, 0) is 6.18 Å². The standard InChI is InChI=1S/C21H12ClF3N2OS2/c22-13-5-3-4-12(10-13)19(28)26-14-8-9-17(15(11-14)21(23,24)25)29-20-27-16-6-1-2-7-18(16)30-20/h1-11H,(H,26,28). The minimum Gasteiger partial charge on any atom is -0.322 e. The highest BCUT2D eigenvalue weighted by Crippen LogP contribution is 2.42. The molecule has 30 heavy (non-hydrogen) atoms. The van der Waals surface area contributed by atoms with Gasteiger partial charge in [0.25, 0.3) is 5.91 Å². The summed E-state index contributed by atoms with van der Waals surface area (Å²) in [6.07, 6.45) is -4.59. The van der Waals surface area contributed by atoms with Crippen LogP contribution in [0.15, 0.2) is 76.0 Å². The number of amides is 1. The predicted octanol–water partition coefficient (Wildman–Crippen LogP) is 7.37. The first kappa shape index (κ1) is 20.7. The number of thiazole rings is 1. The molecular formula is C21H12ClF3N2OS2. The van der Waals surface area contributed by atoms with E-state index in [1.54, 1.807) is 12.1 Å². The van der Waals surface area contributed by atoms with Gasteiger partial charge in [-0.2, -0.15) is 13.2 Å². The molecule has 1 heterocycles. The summed E-state index contributed by atoms with van der Waals surface area (Å²) < 4.78 is 42.5. The molecule has 4 aromatic rings. The van der Waals surface area contributed by atoms with Gasteiger partial charge in [0.1, 0.15) is 0 Å². The van der Waals surface area contributed by atoms with E-state index < -0.39 is 17.6 Å². The average Bonchev–Trinajstić information content (AvgIpc) is 3.10. The van der Waals surface area contributed by atoms with Gasteiger partial charge in [-0.25, -0.2) is 4.98 Å². The lowest BCUT2D eigenvalue weighted by Gasteiger charge is -2.14. The minimum absolute atomic E-state index is 0.0160. The fourth-order valence-corrected chi connectivity index (χ4v) is 5.09. The Morgan fingerprint density at radius 1 is 1.03 bits per heavy atom. The smallest absolute Gasteiger partial charge is 0.322 e. The Balaban J connectivity index is 1.63. The Bertz CT molecular complexity index is 1210. The van der Waals surface area contributed by atoms with Gasteiger partial charge < -0.3 is 5.32 Å². The van der Waals surface area contributed by atoms with Crippen LogP contribution in [0.25, 0.3) is 10.2 Å². The third-order valence-corrected chi connectivity index (χ3v) is 6.51. The van der Waals surface area contributed by atoms with Gasteiger partial charge in [0.15, 0.2) is 4.34 Å². The molecule has 0 aliphatic heterocycles. The third-order valence-electron chi connectivity index (χ3n) is 4.10. The molecule has 0 unspecified atom stereocenters. The number of hydrogen-bond donors (Lipinski definition) is 1. The molecule has 0 fully saturated rings. The topological polar surface area (TPSA) is 42.0 Å². The number of fused-ring (bicyclic) bond motifs is 1. The van der Waals surface area contributed by atoms with E-state index in [2.05, 4.69) is 10.3 Å². The SMILES string of the molecule is O=C(Nc1ccc(Sc2nc3ccccc3s2)c(C(F)(F)F)c1)c1cccc(Cl)c1. The van der Waals surface area contributed by atoms with Gasteiger partial charge in [-0.3, -0.25) is 4.79 Å². The number of benzene rings is 3. The van der Waals surface area contributed by atoms with Crippen molar-refractivity contribution >= 4 is 56.5 Å². The van der Waals surface area contributed by atoms with Crippen LogP contribution in [0.4, 0.5) is 18.9 Å². The molecule has 0 aliphatic carbocycles. The number of alkyl halides is 3. The molecule has 4 rings (SSSR count). The van der Waals surface area contributed by atoms with Gasteiger partial charge in [0.2, 0.25) is 0 Å². The molecule has 0 saturated carbocycles. The van der Waals surface area contributed by atoms with Crippen molar-refractivity contribution in [3.05, 3.63) is 82.9 Å². The molecule has 1 aromatic heterocycles. The van der Waals surface area contributed by atoms with E-state index in [-0.39, 0.29) is 16.1 Å². The summed E-state index contributed by atoms with van der Waals surface area (Å²) in [6, 6.07) is 17.2. The molecule has 0 atom stereocenters. The average molecular weight is 465 g/mol. The quantitative estimate of drug-likeness (QED) is 0.342. The monoisotopic (exact) mass is 464 g/mol. The molecule has 0 spiro atoms. The maximum Gasteiger partial charge on any atom is 0.417 e. The maximum atomic E-state index is 13.7. The molecule has 1 amide bonds. The number of carbonyl (C=O) groups is 1. The molecule has 0 aliphatic rings. The fraction of sp³-hybridized carbons (Fsp3) is 0.0476. The predicted molar refractivity (Wildman–Crippen MR) is 115 cm³/mol. The summed E-state index contributed by atoms with van der Waals surface area (Å²) in [6.45, 7) is 0. The molecule has 1 N–H and O–H groups in total. The van der Waals surface area contributed by atoms with E-state index in [1.165, 1.54) is 35.6 Å². The summed E-state index contributed by atoms with van der Waals surface area (Å²) in [5, 5.41) is 2.85. The highest BCUT2D eigenvalue weighted by molar-refractivity contribution is 8.01. The second kappa shape index (κ2) is 8.29. The van der Waals surface area contributed by atoms with Crippen molar-refractivity contribution in [1.29, 1.82) is 0 Å². The van der Waals surface area contributed by atoms with Crippen molar-refractivity contribution in [2.24, 2.45) is 0 Å². The Morgan fingerprint density at radius 3 is 2.57 bits per heavy atom. The van der Waals surface area contributed by atoms with Crippen LogP contribution in [0.2, 0.25) is 5.02 Å². The van der Waals surface area contributed by atoms with Crippen molar-refractivity contribution in [3.8, 4) is 0 Å². The number of nitrogens with zero attached hydrogens (tertiary/aromatic N) is 1. The van der Waals surface area contributed by atoms with Gasteiger partial charge in [-0.15, -0.1) is 11.3 Å². The number of carbonyl (C=O) groups excluding carboxylic acids is 1. The zero-order valence-corrected chi connectivity index (χ0v) is 17.4. The summed E-state index contributed by atoms with van der Waals surface area (Å²) in [5.74, 6) is -0.544. The molecule has 3 nitrogen and oxygen atoms in total. The molecule has 3 aromatic carbocycles. The van der Waals surface area contributed by atoms with Gasteiger partial charge in [0.05, 0.1) is 15.8 Å². The van der Waals surface area contributed by atoms with Crippen LogP contribution in [0.1, 0.15) is 15.9 Å². The van der Waals surface area contributed by atoms with E-state index >= 15 is 0 Å².